The van der Waals surface area contributed by atoms with Gasteiger partial charge in [0.25, 0.3) is 0 Å². The summed E-state index contributed by atoms with van der Waals surface area (Å²) in [6.45, 7) is 6.89. The van der Waals surface area contributed by atoms with E-state index in [4.69, 9.17) is 0 Å². The van der Waals surface area contributed by atoms with Crippen molar-refractivity contribution in [2.75, 3.05) is 13.2 Å². The predicted octanol–water partition coefficient (Wildman–Crippen LogP) is -0.505. The normalized spacial score (nSPS) is 29.7. The van der Waals surface area contributed by atoms with E-state index in [0.717, 1.165) is 13.0 Å². The van der Waals surface area contributed by atoms with Crippen LogP contribution >= 0.6 is 0 Å². The molecule has 0 saturated carbocycles. The van der Waals surface area contributed by atoms with Gasteiger partial charge in [0.2, 0.25) is 23.6 Å². The average Bonchev–Trinajstić information content (AvgIpc) is 3.08. The standard InChI is InChI=1S/C5H7NO2.C5H9NO.C4H7NO2/c1-3-2-4(7)6-5(3)8;1-4-2-3-6-5(4)7;1-3-2-7-5-4(3)6/h3H,2H2,1H3,(H,6,7,8);4H,2-3H2,1H3,(H,6,7);3H,2H2,1H3,(H,5,6)/t3-;4-;3-/m111/s1. The molecule has 0 aromatic heterocycles. The van der Waals surface area contributed by atoms with Gasteiger partial charge < -0.3 is 5.32 Å². The zero-order valence-electron chi connectivity index (χ0n) is 13.1. The molecule has 0 spiro atoms. The summed E-state index contributed by atoms with van der Waals surface area (Å²) < 4.78 is 0. The van der Waals surface area contributed by atoms with Crippen LogP contribution in [0.5, 0.6) is 0 Å². The number of rotatable bonds is 0. The SMILES string of the molecule is C[C@@H]1CC(=O)NC1=O.C[C@@H]1CCNC1=O.C[C@@H]1CONC1=O. The highest BCUT2D eigenvalue weighted by atomic mass is 16.7. The molecule has 0 unspecified atom stereocenters. The highest BCUT2D eigenvalue weighted by Gasteiger charge is 2.25. The van der Waals surface area contributed by atoms with Gasteiger partial charge in [-0.05, 0) is 6.42 Å². The Hall–Kier alpha value is -1.96. The third-order valence-corrected chi connectivity index (χ3v) is 3.48. The molecule has 0 bridgehead atoms. The third-order valence-electron chi connectivity index (χ3n) is 3.48. The van der Waals surface area contributed by atoms with Crippen molar-refractivity contribution in [1.29, 1.82) is 0 Å². The number of hydrogen-bond acceptors (Lipinski definition) is 5. The summed E-state index contributed by atoms with van der Waals surface area (Å²) >= 11 is 0. The van der Waals surface area contributed by atoms with Gasteiger partial charge in [0.15, 0.2) is 0 Å². The molecule has 124 valence electrons. The Labute approximate surface area is 129 Å². The van der Waals surface area contributed by atoms with E-state index in [0.29, 0.717) is 13.0 Å². The summed E-state index contributed by atoms with van der Waals surface area (Å²) in [5.74, 6) is 0.0972. The molecule has 3 aliphatic heterocycles. The summed E-state index contributed by atoms with van der Waals surface area (Å²) in [7, 11) is 0. The zero-order chi connectivity index (χ0) is 16.7. The molecule has 3 saturated heterocycles. The first kappa shape index (κ1) is 18.1. The highest BCUT2D eigenvalue weighted by Crippen LogP contribution is 2.07. The van der Waals surface area contributed by atoms with Crippen molar-refractivity contribution < 1.29 is 24.0 Å². The van der Waals surface area contributed by atoms with E-state index in [1.165, 1.54) is 0 Å². The Bertz CT molecular complexity index is 428. The maximum atomic E-state index is 10.5. The smallest absolute Gasteiger partial charge is 0.248 e. The predicted molar refractivity (Wildman–Crippen MR) is 77.0 cm³/mol. The van der Waals surface area contributed by atoms with E-state index < -0.39 is 0 Å². The maximum Gasteiger partial charge on any atom is 0.248 e. The molecule has 3 N–H and O–H groups in total. The lowest BCUT2D eigenvalue weighted by Crippen LogP contribution is -2.20. The van der Waals surface area contributed by atoms with Crippen molar-refractivity contribution >= 4 is 23.6 Å². The van der Waals surface area contributed by atoms with Crippen LogP contribution in [0.3, 0.4) is 0 Å². The second-order valence-corrected chi connectivity index (χ2v) is 5.68. The van der Waals surface area contributed by atoms with Crippen molar-refractivity contribution in [3.05, 3.63) is 0 Å². The number of hydroxylamine groups is 1. The van der Waals surface area contributed by atoms with Crippen LogP contribution in [-0.2, 0) is 24.0 Å². The van der Waals surface area contributed by atoms with Crippen LogP contribution in [-0.4, -0.2) is 36.8 Å². The third kappa shape index (κ3) is 5.80. The lowest BCUT2D eigenvalue weighted by atomic mass is 10.1. The summed E-state index contributed by atoms with van der Waals surface area (Å²) in [4.78, 5) is 46.2. The number of carbonyl (C=O) groups excluding carboxylic acids is 4. The fourth-order valence-electron chi connectivity index (χ4n) is 1.81. The maximum absolute atomic E-state index is 10.5. The fraction of sp³-hybridized carbons (Fsp3) is 0.714. The van der Waals surface area contributed by atoms with Crippen LogP contribution in [0.25, 0.3) is 0 Å². The van der Waals surface area contributed by atoms with Crippen LogP contribution < -0.4 is 16.1 Å². The summed E-state index contributed by atoms with van der Waals surface area (Å²) in [5, 5.41) is 4.92. The van der Waals surface area contributed by atoms with E-state index >= 15 is 0 Å². The van der Waals surface area contributed by atoms with Crippen molar-refractivity contribution in [3.8, 4) is 0 Å². The van der Waals surface area contributed by atoms with Gasteiger partial charge in [0.05, 0.1) is 12.5 Å². The van der Waals surface area contributed by atoms with Crippen molar-refractivity contribution in [2.45, 2.75) is 33.6 Å². The molecule has 0 aromatic rings. The average molecular weight is 313 g/mol. The Morgan fingerprint density at radius 2 is 1.59 bits per heavy atom. The molecule has 3 aliphatic rings. The van der Waals surface area contributed by atoms with Crippen molar-refractivity contribution in [1.82, 2.24) is 16.1 Å². The minimum absolute atomic E-state index is 0.0139. The molecule has 8 heteroatoms. The monoisotopic (exact) mass is 313 g/mol. The Morgan fingerprint density at radius 1 is 0.909 bits per heavy atom. The largest absolute Gasteiger partial charge is 0.356 e. The van der Waals surface area contributed by atoms with E-state index in [2.05, 4.69) is 21.0 Å². The number of carbonyl (C=O) groups is 4. The summed E-state index contributed by atoms with van der Waals surface area (Å²) in [5.41, 5.74) is 2.23. The molecule has 0 radical (unpaired) electrons. The van der Waals surface area contributed by atoms with Crippen LogP contribution in [0.15, 0.2) is 0 Å². The molecule has 8 nitrogen and oxygen atoms in total. The molecule has 3 rings (SSSR count). The van der Waals surface area contributed by atoms with Crippen LogP contribution in [0.1, 0.15) is 33.6 Å². The first-order chi connectivity index (χ1) is 10.3. The molecular weight excluding hydrogens is 290 g/mol. The number of amides is 4. The molecule has 0 aromatic carbocycles. The van der Waals surface area contributed by atoms with E-state index in [9.17, 15) is 19.2 Å². The fourth-order valence-corrected chi connectivity index (χ4v) is 1.81. The summed E-state index contributed by atoms with van der Waals surface area (Å²) in [6.07, 6.45) is 1.37. The number of imide groups is 1. The first-order valence-electron chi connectivity index (χ1n) is 7.34. The second-order valence-electron chi connectivity index (χ2n) is 5.68. The lowest BCUT2D eigenvalue weighted by Gasteiger charge is -1.90. The Kier molecular flexibility index (Phi) is 6.97. The van der Waals surface area contributed by atoms with Gasteiger partial charge in [-0.2, -0.15) is 0 Å². The minimum Gasteiger partial charge on any atom is -0.356 e. The second kappa shape index (κ2) is 8.47. The van der Waals surface area contributed by atoms with Gasteiger partial charge in [-0.1, -0.05) is 20.8 Å². The first-order valence-corrected chi connectivity index (χ1v) is 7.34. The molecule has 22 heavy (non-hydrogen) atoms. The zero-order valence-corrected chi connectivity index (χ0v) is 13.1. The van der Waals surface area contributed by atoms with E-state index in [-0.39, 0.29) is 41.4 Å². The van der Waals surface area contributed by atoms with Crippen LogP contribution in [0, 0.1) is 17.8 Å². The van der Waals surface area contributed by atoms with Gasteiger partial charge in [-0.25, -0.2) is 5.48 Å². The highest BCUT2D eigenvalue weighted by molar-refractivity contribution is 6.03. The van der Waals surface area contributed by atoms with Gasteiger partial charge in [-0.3, -0.25) is 29.3 Å². The van der Waals surface area contributed by atoms with Crippen LogP contribution in [0.2, 0.25) is 0 Å². The van der Waals surface area contributed by atoms with Gasteiger partial charge in [-0.15, -0.1) is 0 Å². The Balaban J connectivity index is 0.000000166. The molecule has 3 heterocycles. The minimum atomic E-state index is -0.150. The van der Waals surface area contributed by atoms with Gasteiger partial charge in [0, 0.05) is 24.8 Å². The van der Waals surface area contributed by atoms with Gasteiger partial charge >= 0.3 is 0 Å². The van der Waals surface area contributed by atoms with E-state index in [1.54, 1.807) is 6.92 Å². The molecule has 0 aliphatic carbocycles. The molecule has 4 amide bonds. The molecule has 3 fully saturated rings. The van der Waals surface area contributed by atoms with Crippen molar-refractivity contribution in [3.63, 3.8) is 0 Å². The molecular formula is C14H23N3O5. The molecule has 3 atom stereocenters. The number of nitrogens with one attached hydrogen (secondary N) is 3. The van der Waals surface area contributed by atoms with Gasteiger partial charge in [0.1, 0.15) is 0 Å². The topological polar surface area (TPSA) is 114 Å². The Morgan fingerprint density at radius 3 is 1.73 bits per heavy atom. The van der Waals surface area contributed by atoms with Crippen molar-refractivity contribution in [2.24, 2.45) is 17.8 Å². The quantitative estimate of drug-likeness (QED) is 0.522. The number of hydrogen-bond donors (Lipinski definition) is 3. The summed E-state index contributed by atoms with van der Waals surface area (Å²) in [6, 6.07) is 0. The lowest BCUT2D eigenvalue weighted by molar-refractivity contribution is -0.126. The van der Waals surface area contributed by atoms with E-state index in [1.807, 2.05) is 13.8 Å². The van der Waals surface area contributed by atoms with Crippen LogP contribution in [0.4, 0.5) is 0 Å².